The van der Waals surface area contributed by atoms with Gasteiger partial charge >= 0.3 is 0 Å². The lowest BCUT2D eigenvalue weighted by Crippen LogP contribution is -2.20. The Balaban J connectivity index is 1.66. The number of nitro groups is 1. The van der Waals surface area contributed by atoms with Crippen LogP contribution in [-0.2, 0) is 4.79 Å². The molecule has 10 nitrogen and oxygen atoms in total. The number of anilines is 1. The third kappa shape index (κ3) is 7.17. The van der Waals surface area contributed by atoms with E-state index in [0.29, 0.717) is 22.9 Å². The zero-order valence-corrected chi connectivity index (χ0v) is 20.4. The van der Waals surface area contributed by atoms with Crippen molar-refractivity contribution in [3.63, 3.8) is 0 Å². The summed E-state index contributed by atoms with van der Waals surface area (Å²) in [5.41, 5.74) is 3.34. The fourth-order valence-corrected chi connectivity index (χ4v) is 3.37. The molecule has 0 saturated carbocycles. The molecule has 3 rings (SSSR count). The highest BCUT2D eigenvalue weighted by molar-refractivity contribution is 6.33. The van der Waals surface area contributed by atoms with Crippen molar-refractivity contribution < 1.29 is 24.0 Å². The standard InChI is InChI=1S/C24H20Cl2N4O6/c1-2-35-21-12-15(13-27-29-24(32)16-7-9-17(10-8-16)30(33)34)11-19(26)23(21)36-14-22(31)28-20-6-4-3-5-18(20)25/h3-13H,2,14H2,1H3,(H,28,31)(H,29,32)/b27-13+. The topological polar surface area (TPSA) is 132 Å². The second kappa shape index (κ2) is 12.5. The highest BCUT2D eigenvalue weighted by Crippen LogP contribution is 2.36. The minimum Gasteiger partial charge on any atom is -0.490 e. The molecule has 12 heteroatoms. The van der Waals surface area contributed by atoms with Crippen molar-refractivity contribution >= 4 is 52.6 Å². The maximum Gasteiger partial charge on any atom is 0.271 e. The normalized spacial score (nSPS) is 10.6. The molecule has 0 bridgehead atoms. The molecule has 2 amide bonds. The largest absolute Gasteiger partial charge is 0.490 e. The number of benzene rings is 3. The van der Waals surface area contributed by atoms with Gasteiger partial charge in [0, 0.05) is 17.7 Å². The average molecular weight is 531 g/mol. The summed E-state index contributed by atoms with van der Waals surface area (Å²) >= 11 is 12.4. The van der Waals surface area contributed by atoms with Crippen molar-refractivity contribution in [2.75, 3.05) is 18.5 Å². The van der Waals surface area contributed by atoms with E-state index in [2.05, 4.69) is 15.8 Å². The van der Waals surface area contributed by atoms with Crippen LogP contribution < -0.4 is 20.2 Å². The number of rotatable bonds is 10. The van der Waals surface area contributed by atoms with E-state index in [-0.39, 0.29) is 34.4 Å². The summed E-state index contributed by atoms with van der Waals surface area (Å²) in [6.07, 6.45) is 1.34. The molecule has 0 spiro atoms. The smallest absolute Gasteiger partial charge is 0.271 e. The lowest BCUT2D eigenvalue weighted by atomic mass is 10.2. The van der Waals surface area contributed by atoms with Crippen LogP contribution in [0.2, 0.25) is 10.0 Å². The van der Waals surface area contributed by atoms with Crippen LogP contribution in [0.3, 0.4) is 0 Å². The number of nitrogens with one attached hydrogen (secondary N) is 2. The zero-order valence-electron chi connectivity index (χ0n) is 18.9. The van der Waals surface area contributed by atoms with Crippen molar-refractivity contribution in [3.8, 4) is 11.5 Å². The van der Waals surface area contributed by atoms with Gasteiger partial charge in [0.25, 0.3) is 17.5 Å². The van der Waals surface area contributed by atoms with Crippen LogP contribution in [0.4, 0.5) is 11.4 Å². The van der Waals surface area contributed by atoms with Gasteiger partial charge in [0.1, 0.15) is 0 Å². The predicted octanol–water partition coefficient (Wildman–Crippen LogP) is 5.08. The van der Waals surface area contributed by atoms with Gasteiger partial charge in [-0.25, -0.2) is 5.43 Å². The first-order valence-electron chi connectivity index (χ1n) is 10.5. The van der Waals surface area contributed by atoms with E-state index in [1.54, 1.807) is 37.3 Å². The Kier molecular flexibility index (Phi) is 9.20. The van der Waals surface area contributed by atoms with Gasteiger partial charge < -0.3 is 14.8 Å². The van der Waals surface area contributed by atoms with Crippen molar-refractivity contribution in [1.82, 2.24) is 5.43 Å². The molecule has 0 aliphatic carbocycles. The molecule has 3 aromatic rings. The zero-order chi connectivity index (χ0) is 26.1. The van der Waals surface area contributed by atoms with E-state index in [0.717, 1.165) is 0 Å². The number of ether oxygens (including phenoxy) is 2. The van der Waals surface area contributed by atoms with Crippen molar-refractivity contribution in [2.24, 2.45) is 5.10 Å². The number of carbonyl (C=O) groups is 2. The molecular formula is C24H20Cl2N4O6. The fraction of sp³-hybridized carbons (Fsp3) is 0.125. The first-order valence-corrected chi connectivity index (χ1v) is 11.3. The van der Waals surface area contributed by atoms with Gasteiger partial charge in [0.05, 0.1) is 33.5 Å². The molecule has 0 atom stereocenters. The summed E-state index contributed by atoms with van der Waals surface area (Å²) in [5, 5.41) is 17.8. The van der Waals surface area contributed by atoms with Crippen molar-refractivity contribution in [1.29, 1.82) is 0 Å². The summed E-state index contributed by atoms with van der Waals surface area (Å²) < 4.78 is 11.2. The average Bonchev–Trinajstić information content (AvgIpc) is 2.85. The van der Waals surface area contributed by atoms with Crippen LogP contribution in [-0.4, -0.2) is 36.2 Å². The lowest BCUT2D eigenvalue weighted by molar-refractivity contribution is -0.384. The van der Waals surface area contributed by atoms with Crippen LogP contribution >= 0.6 is 23.2 Å². The van der Waals surface area contributed by atoms with Crippen molar-refractivity contribution in [3.05, 3.63) is 92.0 Å². The number of nitrogens with zero attached hydrogens (tertiary/aromatic N) is 2. The molecule has 186 valence electrons. The predicted molar refractivity (Wildman–Crippen MR) is 136 cm³/mol. The minimum atomic E-state index is -0.557. The van der Waals surface area contributed by atoms with E-state index < -0.39 is 16.7 Å². The first-order chi connectivity index (χ1) is 17.3. The maximum absolute atomic E-state index is 12.3. The second-order valence-corrected chi connectivity index (χ2v) is 7.90. The Morgan fingerprint density at radius 3 is 2.44 bits per heavy atom. The van der Waals surface area contributed by atoms with Gasteiger partial charge in [-0.15, -0.1) is 0 Å². The summed E-state index contributed by atoms with van der Waals surface area (Å²) in [4.78, 5) is 34.6. The Morgan fingerprint density at radius 2 is 1.78 bits per heavy atom. The van der Waals surface area contributed by atoms with Crippen LogP contribution in [0, 0.1) is 10.1 Å². The molecule has 0 heterocycles. The molecule has 0 fully saturated rings. The van der Waals surface area contributed by atoms with Gasteiger partial charge in [0.2, 0.25) is 0 Å². The van der Waals surface area contributed by atoms with Crippen molar-refractivity contribution in [2.45, 2.75) is 6.92 Å². The summed E-state index contributed by atoms with van der Waals surface area (Å²) in [7, 11) is 0. The number of hydrogen-bond donors (Lipinski definition) is 2. The van der Waals surface area contributed by atoms with Crippen LogP contribution in [0.15, 0.2) is 65.8 Å². The first kappa shape index (κ1) is 26.5. The van der Waals surface area contributed by atoms with Gasteiger partial charge in [-0.2, -0.15) is 5.10 Å². The Hall–Kier alpha value is -4.15. The molecular weight excluding hydrogens is 511 g/mol. The molecule has 0 aromatic heterocycles. The van der Waals surface area contributed by atoms with Crippen LogP contribution in [0.25, 0.3) is 0 Å². The van der Waals surface area contributed by atoms with Gasteiger partial charge in [-0.05, 0) is 48.9 Å². The Morgan fingerprint density at radius 1 is 1.06 bits per heavy atom. The lowest BCUT2D eigenvalue weighted by Gasteiger charge is -2.14. The van der Waals surface area contributed by atoms with E-state index >= 15 is 0 Å². The third-order valence-corrected chi connectivity index (χ3v) is 5.16. The van der Waals surface area contributed by atoms with Gasteiger partial charge in [-0.1, -0.05) is 35.3 Å². The molecule has 0 aliphatic heterocycles. The number of para-hydroxylation sites is 1. The number of hydrazone groups is 1. The van der Waals surface area contributed by atoms with Crippen LogP contribution in [0.1, 0.15) is 22.8 Å². The van der Waals surface area contributed by atoms with E-state index in [9.17, 15) is 19.7 Å². The summed E-state index contributed by atoms with van der Waals surface area (Å²) in [5.74, 6) is -0.554. The molecule has 36 heavy (non-hydrogen) atoms. The highest BCUT2D eigenvalue weighted by Gasteiger charge is 2.15. The number of carbonyl (C=O) groups excluding carboxylic acids is 2. The van der Waals surface area contributed by atoms with Gasteiger partial charge in [0.15, 0.2) is 18.1 Å². The molecule has 3 aromatic carbocycles. The van der Waals surface area contributed by atoms with E-state index in [1.807, 2.05) is 0 Å². The van der Waals surface area contributed by atoms with Gasteiger partial charge in [-0.3, -0.25) is 19.7 Å². The van der Waals surface area contributed by atoms with E-state index in [1.165, 1.54) is 36.5 Å². The molecule has 2 N–H and O–H groups in total. The SMILES string of the molecule is CCOc1cc(/C=N/NC(=O)c2ccc([N+](=O)[O-])cc2)cc(Cl)c1OCC(=O)Nc1ccccc1Cl. The second-order valence-electron chi connectivity index (χ2n) is 7.08. The number of nitro benzene ring substituents is 1. The minimum absolute atomic E-state index is 0.128. The fourth-order valence-electron chi connectivity index (χ4n) is 2.92. The number of halogens is 2. The van der Waals surface area contributed by atoms with E-state index in [4.69, 9.17) is 32.7 Å². The maximum atomic E-state index is 12.3. The molecule has 0 aliphatic rings. The summed E-state index contributed by atoms with van der Waals surface area (Å²) in [6.45, 7) is 1.73. The molecule has 0 unspecified atom stereocenters. The molecule has 0 radical (unpaired) electrons. The monoisotopic (exact) mass is 530 g/mol. The molecule has 0 saturated heterocycles. The third-order valence-electron chi connectivity index (χ3n) is 4.55. The number of non-ortho nitro benzene ring substituents is 1. The number of hydrogen-bond acceptors (Lipinski definition) is 7. The Bertz CT molecular complexity index is 1300. The Labute approximate surface area is 216 Å². The van der Waals surface area contributed by atoms with Crippen LogP contribution in [0.5, 0.6) is 11.5 Å². The summed E-state index contributed by atoms with van der Waals surface area (Å²) in [6, 6.07) is 15.0. The quantitative estimate of drug-likeness (QED) is 0.213. The highest BCUT2D eigenvalue weighted by atomic mass is 35.5. The number of amides is 2.